The van der Waals surface area contributed by atoms with E-state index >= 15 is 0 Å². The lowest BCUT2D eigenvalue weighted by Crippen LogP contribution is -2.25. The summed E-state index contributed by atoms with van der Waals surface area (Å²) in [4.78, 5) is 24.7. The summed E-state index contributed by atoms with van der Waals surface area (Å²) in [5.74, 6) is -1.30. The highest BCUT2D eigenvalue weighted by atomic mass is 16.5. The first kappa shape index (κ1) is 15.2. The van der Waals surface area contributed by atoms with Crippen LogP contribution in [0.3, 0.4) is 0 Å². The highest BCUT2D eigenvalue weighted by Crippen LogP contribution is 2.24. The normalized spacial score (nSPS) is 12.1. The molecule has 1 unspecified atom stereocenters. The lowest BCUT2D eigenvalue weighted by molar-refractivity contribution is -0.143. The molecule has 2 aromatic carbocycles. The van der Waals surface area contributed by atoms with Crippen LogP contribution in [0.4, 0.5) is 0 Å². The minimum absolute atomic E-state index is 0.146. The van der Waals surface area contributed by atoms with E-state index in [4.69, 9.17) is 4.74 Å². The molecule has 0 spiro atoms. The minimum atomic E-state index is -0.708. The molecule has 2 aromatic rings. The average Bonchev–Trinajstić information content (AvgIpc) is 2.54. The Balaban J connectivity index is 2.40. The molecule has 3 nitrogen and oxygen atoms in total. The van der Waals surface area contributed by atoms with E-state index in [9.17, 15) is 9.59 Å². The molecule has 0 aliphatic heterocycles. The van der Waals surface area contributed by atoms with E-state index in [1.807, 2.05) is 43.3 Å². The number of carbonyl (C=O) groups excluding carboxylic acids is 2. The van der Waals surface area contributed by atoms with Crippen molar-refractivity contribution in [1.29, 1.82) is 0 Å². The van der Waals surface area contributed by atoms with Crippen LogP contribution in [0.15, 0.2) is 42.5 Å². The van der Waals surface area contributed by atoms with Gasteiger partial charge in [0, 0.05) is 5.56 Å². The Morgan fingerprint density at radius 2 is 1.81 bits per heavy atom. The number of unbranched alkanes of at least 4 members (excludes halogenated alkanes) is 1. The van der Waals surface area contributed by atoms with Gasteiger partial charge in [0.2, 0.25) is 0 Å². The number of hydrogen-bond donors (Lipinski definition) is 0. The molecular formula is C18H20O3. The van der Waals surface area contributed by atoms with E-state index in [0.717, 1.165) is 23.6 Å². The first-order valence-corrected chi connectivity index (χ1v) is 7.28. The van der Waals surface area contributed by atoms with Gasteiger partial charge in [0.1, 0.15) is 5.92 Å². The number of esters is 1. The van der Waals surface area contributed by atoms with Crippen LogP contribution >= 0.6 is 0 Å². The fourth-order valence-corrected chi connectivity index (χ4v) is 2.53. The van der Waals surface area contributed by atoms with Gasteiger partial charge in [0.05, 0.1) is 7.11 Å². The Bertz CT molecular complexity index is 640. The van der Waals surface area contributed by atoms with Crippen molar-refractivity contribution in [2.24, 2.45) is 5.92 Å². The van der Waals surface area contributed by atoms with E-state index in [1.165, 1.54) is 7.11 Å². The Hall–Kier alpha value is -2.16. The largest absolute Gasteiger partial charge is 0.468 e. The predicted molar refractivity (Wildman–Crippen MR) is 83.3 cm³/mol. The maximum Gasteiger partial charge on any atom is 0.316 e. The topological polar surface area (TPSA) is 43.4 Å². The summed E-state index contributed by atoms with van der Waals surface area (Å²) in [5, 5.41) is 1.89. The van der Waals surface area contributed by atoms with Gasteiger partial charge >= 0.3 is 5.97 Å². The zero-order valence-corrected chi connectivity index (χ0v) is 12.5. The van der Waals surface area contributed by atoms with Gasteiger partial charge in [-0.1, -0.05) is 62.2 Å². The monoisotopic (exact) mass is 284 g/mol. The summed E-state index contributed by atoms with van der Waals surface area (Å²) >= 11 is 0. The van der Waals surface area contributed by atoms with Gasteiger partial charge in [-0.2, -0.15) is 0 Å². The molecule has 0 saturated heterocycles. The van der Waals surface area contributed by atoms with Crippen molar-refractivity contribution >= 4 is 22.5 Å². The molecule has 3 heteroatoms. The Morgan fingerprint density at radius 1 is 1.10 bits per heavy atom. The fraction of sp³-hybridized carbons (Fsp3) is 0.333. The van der Waals surface area contributed by atoms with Gasteiger partial charge < -0.3 is 4.74 Å². The third-order valence-corrected chi connectivity index (χ3v) is 3.70. The quantitative estimate of drug-likeness (QED) is 0.457. The van der Waals surface area contributed by atoms with Crippen LogP contribution in [0.5, 0.6) is 0 Å². The van der Waals surface area contributed by atoms with Gasteiger partial charge in [-0.25, -0.2) is 0 Å². The molecule has 0 aromatic heterocycles. The molecular weight excluding hydrogens is 264 g/mol. The second-order valence-electron chi connectivity index (χ2n) is 5.11. The molecule has 2 rings (SSSR count). The second-order valence-corrected chi connectivity index (χ2v) is 5.11. The van der Waals surface area contributed by atoms with Crippen molar-refractivity contribution in [2.75, 3.05) is 7.11 Å². The number of rotatable bonds is 6. The third-order valence-electron chi connectivity index (χ3n) is 3.70. The van der Waals surface area contributed by atoms with E-state index < -0.39 is 11.9 Å². The standard InChI is InChI=1S/C18H20O3/c1-3-4-10-16(18(20)21-2)17(19)15-12-7-9-13-8-5-6-11-14(13)15/h5-9,11-12,16H,3-4,10H2,1-2H3. The zero-order valence-electron chi connectivity index (χ0n) is 12.5. The van der Waals surface area contributed by atoms with Crippen molar-refractivity contribution in [1.82, 2.24) is 0 Å². The number of ether oxygens (including phenoxy) is 1. The number of fused-ring (bicyclic) bond motifs is 1. The van der Waals surface area contributed by atoms with E-state index in [1.54, 1.807) is 6.07 Å². The first-order chi connectivity index (χ1) is 10.2. The SMILES string of the molecule is CCCCC(C(=O)OC)C(=O)c1cccc2ccccc12. The van der Waals surface area contributed by atoms with Crippen molar-refractivity contribution in [2.45, 2.75) is 26.2 Å². The fourth-order valence-electron chi connectivity index (χ4n) is 2.53. The molecule has 1 atom stereocenters. The lowest BCUT2D eigenvalue weighted by Gasteiger charge is -2.14. The van der Waals surface area contributed by atoms with Crippen molar-refractivity contribution in [3.05, 3.63) is 48.0 Å². The molecule has 0 fully saturated rings. The predicted octanol–water partition coefficient (Wildman–Crippen LogP) is 4.00. The number of Topliss-reactive ketones (excluding diaryl/α,β-unsaturated/α-hetero) is 1. The molecule has 0 bridgehead atoms. The van der Waals surface area contributed by atoms with Gasteiger partial charge in [-0.05, 0) is 17.2 Å². The molecule has 0 aliphatic carbocycles. The summed E-state index contributed by atoms with van der Waals surface area (Å²) in [5.41, 5.74) is 0.597. The molecule has 21 heavy (non-hydrogen) atoms. The highest BCUT2D eigenvalue weighted by Gasteiger charge is 2.28. The number of carbonyl (C=O) groups is 2. The van der Waals surface area contributed by atoms with Crippen molar-refractivity contribution in [3.63, 3.8) is 0 Å². The molecule has 0 amide bonds. The molecule has 0 saturated carbocycles. The van der Waals surface area contributed by atoms with Crippen LogP contribution in [0.2, 0.25) is 0 Å². The number of methoxy groups -OCH3 is 1. The van der Waals surface area contributed by atoms with Crippen LogP contribution in [-0.2, 0) is 9.53 Å². The van der Waals surface area contributed by atoms with Crippen LogP contribution < -0.4 is 0 Å². The minimum Gasteiger partial charge on any atom is -0.468 e. The molecule has 110 valence electrons. The average molecular weight is 284 g/mol. The zero-order chi connectivity index (χ0) is 15.2. The smallest absolute Gasteiger partial charge is 0.316 e. The maximum atomic E-state index is 12.8. The molecule has 0 heterocycles. The van der Waals surface area contributed by atoms with Crippen LogP contribution in [0.1, 0.15) is 36.5 Å². The number of ketones is 1. The molecule has 0 N–H and O–H groups in total. The van der Waals surface area contributed by atoms with Crippen molar-refractivity contribution < 1.29 is 14.3 Å². The second kappa shape index (κ2) is 7.02. The lowest BCUT2D eigenvalue weighted by atomic mass is 9.90. The molecule has 0 radical (unpaired) electrons. The van der Waals surface area contributed by atoms with E-state index in [0.29, 0.717) is 12.0 Å². The maximum absolute atomic E-state index is 12.8. The van der Waals surface area contributed by atoms with Crippen molar-refractivity contribution in [3.8, 4) is 0 Å². The van der Waals surface area contributed by atoms with E-state index in [-0.39, 0.29) is 5.78 Å². The number of hydrogen-bond acceptors (Lipinski definition) is 3. The van der Waals surface area contributed by atoms with Gasteiger partial charge in [0.15, 0.2) is 5.78 Å². The van der Waals surface area contributed by atoms with Gasteiger partial charge in [-0.3, -0.25) is 9.59 Å². The summed E-state index contributed by atoms with van der Waals surface area (Å²) in [6.45, 7) is 2.04. The summed E-state index contributed by atoms with van der Waals surface area (Å²) in [7, 11) is 1.33. The Kier molecular flexibility index (Phi) is 5.09. The summed E-state index contributed by atoms with van der Waals surface area (Å²) < 4.78 is 4.80. The van der Waals surface area contributed by atoms with E-state index in [2.05, 4.69) is 0 Å². The summed E-state index contributed by atoms with van der Waals surface area (Å²) in [6, 6.07) is 13.3. The van der Waals surface area contributed by atoms with Crippen LogP contribution in [0, 0.1) is 5.92 Å². The van der Waals surface area contributed by atoms with Crippen LogP contribution in [-0.4, -0.2) is 18.9 Å². The van der Waals surface area contributed by atoms with Gasteiger partial charge in [-0.15, -0.1) is 0 Å². The number of benzene rings is 2. The first-order valence-electron chi connectivity index (χ1n) is 7.28. The third kappa shape index (κ3) is 3.30. The Morgan fingerprint density at radius 3 is 2.52 bits per heavy atom. The Labute approximate surface area is 124 Å². The highest BCUT2D eigenvalue weighted by molar-refractivity contribution is 6.15. The summed E-state index contributed by atoms with van der Waals surface area (Å²) in [6.07, 6.45) is 2.30. The van der Waals surface area contributed by atoms with Crippen LogP contribution in [0.25, 0.3) is 10.8 Å². The molecule has 0 aliphatic rings. The van der Waals surface area contributed by atoms with Gasteiger partial charge in [0.25, 0.3) is 0 Å².